The number of piperidine rings is 1. The quantitative estimate of drug-likeness (QED) is 0.626. The van der Waals surface area contributed by atoms with Gasteiger partial charge in [-0.05, 0) is 55.2 Å². The molecule has 3 aliphatic rings. The molecular weight excluding hydrogens is 489 g/mol. The molecule has 190 valence electrons. The lowest BCUT2D eigenvalue weighted by atomic mass is 9.95. The minimum atomic E-state index is -3.62. The van der Waals surface area contributed by atoms with Crippen LogP contribution in [-0.4, -0.2) is 57.4 Å². The van der Waals surface area contributed by atoms with Gasteiger partial charge in [0.25, 0.3) is 0 Å². The van der Waals surface area contributed by atoms with Crippen molar-refractivity contribution in [3.63, 3.8) is 0 Å². The number of hydrogen-bond donors (Lipinski definition) is 1. The van der Waals surface area contributed by atoms with Crippen LogP contribution in [0.3, 0.4) is 0 Å². The van der Waals surface area contributed by atoms with Crippen molar-refractivity contribution in [2.75, 3.05) is 31.2 Å². The highest BCUT2D eigenvalue weighted by Crippen LogP contribution is 2.57. The normalized spacial score (nSPS) is 24.9. The molecule has 1 spiro atoms. The van der Waals surface area contributed by atoms with Crippen LogP contribution in [0.15, 0.2) is 48.5 Å². The first-order chi connectivity index (χ1) is 16.6. The van der Waals surface area contributed by atoms with E-state index in [1.807, 2.05) is 30.3 Å². The lowest BCUT2D eigenvalue weighted by Gasteiger charge is -2.38. The molecule has 0 aromatic heterocycles. The zero-order valence-corrected chi connectivity index (χ0v) is 21.5. The lowest BCUT2D eigenvalue weighted by molar-refractivity contribution is 0.268. The van der Waals surface area contributed by atoms with Crippen molar-refractivity contribution in [3.05, 3.63) is 65.5 Å². The summed E-state index contributed by atoms with van der Waals surface area (Å²) in [7, 11) is -6.81. The Hall–Kier alpha value is -2.01. The van der Waals surface area contributed by atoms with E-state index in [0.717, 1.165) is 18.4 Å². The molecule has 0 radical (unpaired) electrons. The zero-order chi connectivity index (χ0) is 24.8. The van der Waals surface area contributed by atoms with Gasteiger partial charge in [-0.1, -0.05) is 36.4 Å². The van der Waals surface area contributed by atoms with Crippen LogP contribution in [0.5, 0.6) is 0 Å². The fourth-order valence-corrected chi connectivity index (χ4v) is 8.44. The summed E-state index contributed by atoms with van der Waals surface area (Å²) < 4.78 is 68.5. The molecule has 1 atom stereocenters. The van der Waals surface area contributed by atoms with E-state index in [4.69, 9.17) is 0 Å². The van der Waals surface area contributed by atoms with Gasteiger partial charge >= 0.3 is 0 Å². The van der Waals surface area contributed by atoms with Crippen LogP contribution < -0.4 is 5.32 Å². The van der Waals surface area contributed by atoms with Crippen molar-refractivity contribution >= 4 is 25.7 Å². The van der Waals surface area contributed by atoms with Gasteiger partial charge in [-0.15, -0.1) is 0 Å². The van der Waals surface area contributed by atoms with Crippen LogP contribution >= 0.6 is 0 Å². The molecule has 1 unspecified atom stereocenters. The van der Waals surface area contributed by atoms with E-state index in [0.29, 0.717) is 50.1 Å². The Kier molecular flexibility index (Phi) is 6.44. The molecule has 2 heterocycles. The Morgan fingerprint density at radius 1 is 1.09 bits per heavy atom. The molecular formula is C25H32FN3O4S2. The van der Waals surface area contributed by atoms with Crippen molar-refractivity contribution in [2.45, 2.75) is 49.9 Å². The maximum Gasteiger partial charge on any atom is 0.221 e. The largest absolute Gasteiger partial charge is 0.382 e. The maximum atomic E-state index is 15.1. The Bertz CT molecular complexity index is 1290. The standard InChI is InChI=1S/C25H32FN3O4S2/c1-34(30,31)28-13-9-21(10-14-28)27-22-8-7-20(23(26)15-22)17-29-18-25(11-12-25)16-24(35(29,32)33)19-5-3-2-4-6-19/h2-8,15,21,24,27H,9-14,16-18H2,1H3. The predicted octanol–water partition coefficient (Wildman–Crippen LogP) is 3.72. The molecule has 5 rings (SSSR count). The minimum Gasteiger partial charge on any atom is -0.382 e. The highest BCUT2D eigenvalue weighted by atomic mass is 32.2. The second-order valence-corrected chi connectivity index (χ2v) is 14.4. The number of halogens is 1. The van der Waals surface area contributed by atoms with Crippen molar-refractivity contribution < 1.29 is 21.2 Å². The Morgan fingerprint density at radius 3 is 2.37 bits per heavy atom. The molecule has 2 saturated heterocycles. The van der Waals surface area contributed by atoms with Crippen molar-refractivity contribution in [1.82, 2.24) is 8.61 Å². The maximum absolute atomic E-state index is 15.1. The van der Waals surface area contributed by atoms with E-state index in [-0.39, 0.29) is 18.0 Å². The topological polar surface area (TPSA) is 86.8 Å². The smallest absolute Gasteiger partial charge is 0.221 e. The van der Waals surface area contributed by atoms with Crippen LogP contribution in [0.1, 0.15) is 48.5 Å². The molecule has 2 aliphatic heterocycles. The number of benzene rings is 2. The summed E-state index contributed by atoms with van der Waals surface area (Å²) >= 11 is 0. The summed E-state index contributed by atoms with van der Waals surface area (Å²) in [5, 5.41) is 2.70. The molecule has 0 bridgehead atoms. The van der Waals surface area contributed by atoms with Gasteiger partial charge in [0.1, 0.15) is 11.1 Å². The van der Waals surface area contributed by atoms with Gasteiger partial charge in [0.2, 0.25) is 20.0 Å². The Labute approximate surface area is 207 Å². The second-order valence-electron chi connectivity index (χ2n) is 10.3. The first-order valence-electron chi connectivity index (χ1n) is 12.1. The first kappa shape index (κ1) is 24.7. The molecule has 1 N–H and O–H groups in total. The van der Waals surface area contributed by atoms with Gasteiger partial charge in [-0.25, -0.2) is 25.5 Å². The lowest BCUT2D eigenvalue weighted by Crippen LogP contribution is -2.44. The summed E-state index contributed by atoms with van der Waals surface area (Å²) in [4.78, 5) is 0. The van der Waals surface area contributed by atoms with Crippen LogP contribution in [-0.2, 0) is 26.6 Å². The zero-order valence-electron chi connectivity index (χ0n) is 19.9. The fraction of sp³-hybridized carbons (Fsp3) is 0.520. The summed E-state index contributed by atoms with van der Waals surface area (Å²) in [5.41, 5.74) is 1.78. The molecule has 0 amide bonds. The monoisotopic (exact) mass is 521 g/mol. The van der Waals surface area contributed by atoms with Crippen LogP contribution in [0.4, 0.5) is 10.1 Å². The van der Waals surface area contributed by atoms with Crippen molar-refractivity contribution in [3.8, 4) is 0 Å². The van der Waals surface area contributed by atoms with Crippen molar-refractivity contribution in [2.24, 2.45) is 5.41 Å². The number of nitrogens with one attached hydrogen (secondary N) is 1. The van der Waals surface area contributed by atoms with E-state index >= 15 is 4.39 Å². The number of nitrogens with zero attached hydrogens (tertiary/aromatic N) is 2. The third-order valence-electron chi connectivity index (χ3n) is 7.67. The molecule has 2 aromatic rings. The number of rotatable bonds is 6. The van der Waals surface area contributed by atoms with Gasteiger partial charge in [-0.3, -0.25) is 0 Å². The van der Waals surface area contributed by atoms with Crippen LogP contribution in [0, 0.1) is 11.2 Å². The molecule has 35 heavy (non-hydrogen) atoms. The third-order valence-corrected chi connectivity index (χ3v) is 11.1. The van der Waals surface area contributed by atoms with E-state index in [1.54, 1.807) is 12.1 Å². The first-order valence-corrected chi connectivity index (χ1v) is 15.4. The number of hydrogen-bond acceptors (Lipinski definition) is 5. The SMILES string of the molecule is CS(=O)(=O)N1CCC(Nc2ccc(CN3CC4(CC4)CC(c4ccccc4)S3(=O)=O)c(F)c2)CC1. The van der Waals surface area contributed by atoms with E-state index in [1.165, 1.54) is 20.9 Å². The average molecular weight is 522 g/mol. The third kappa shape index (κ3) is 5.26. The van der Waals surface area contributed by atoms with E-state index in [9.17, 15) is 16.8 Å². The average Bonchev–Trinajstić information content (AvgIpc) is 3.57. The molecule has 7 nitrogen and oxygen atoms in total. The van der Waals surface area contributed by atoms with Gasteiger partial charge in [0.15, 0.2) is 0 Å². The molecule has 3 fully saturated rings. The Morgan fingerprint density at radius 2 is 1.77 bits per heavy atom. The van der Waals surface area contributed by atoms with E-state index < -0.39 is 31.1 Å². The fourth-order valence-electron chi connectivity index (χ4n) is 5.37. The summed E-state index contributed by atoms with van der Waals surface area (Å²) in [6.07, 6.45) is 5.14. The van der Waals surface area contributed by atoms with Crippen molar-refractivity contribution in [1.29, 1.82) is 0 Å². The number of anilines is 1. The number of sulfonamides is 2. The Balaban J connectivity index is 1.29. The van der Waals surface area contributed by atoms with Gasteiger partial charge in [-0.2, -0.15) is 4.31 Å². The van der Waals surface area contributed by atoms with Crippen LogP contribution in [0.25, 0.3) is 0 Å². The molecule has 2 aromatic carbocycles. The second kappa shape index (κ2) is 9.14. The summed E-state index contributed by atoms with van der Waals surface area (Å²) in [6, 6.07) is 14.2. The van der Waals surface area contributed by atoms with Gasteiger partial charge in [0.05, 0.1) is 6.26 Å². The summed E-state index contributed by atoms with van der Waals surface area (Å²) in [6.45, 7) is 1.34. The van der Waals surface area contributed by atoms with Gasteiger partial charge < -0.3 is 5.32 Å². The van der Waals surface area contributed by atoms with Gasteiger partial charge in [0, 0.05) is 43.5 Å². The minimum absolute atomic E-state index is 0.00460. The molecule has 10 heteroatoms. The highest BCUT2D eigenvalue weighted by molar-refractivity contribution is 7.89. The van der Waals surface area contributed by atoms with E-state index in [2.05, 4.69) is 5.32 Å². The summed E-state index contributed by atoms with van der Waals surface area (Å²) in [5.74, 6) is -0.439. The molecule has 1 aliphatic carbocycles. The molecule has 1 saturated carbocycles. The highest BCUT2D eigenvalue weighted by Gasteiger charge is 2.54. The van der Waals surface area contributed by atoms with Crippen LogP contribution in [0.2, 0.25) is 0 Å². The predicted molar refractivity (Wildman–Crippen MR) is 134 cm³/mol.